The van der Waals surface area contributed by atoms with Gasteiger partial charge in [0.25, 0.3) is 0 Å². The number of rotatable bonds is 4. The van der Waals surface area contributed by atoms with Crippen LogP contribution < -0.4 is 5.32 Å². The van der Waals surface area contributed by atoms with Gasteiger partial charge in [0.2, 0.25) is 0 Å². The summed E-state index contributed by atoms with van der Waals surface area (Å²) in [7, 11) is 0. The van der Waals surface area contributed by atoms with Crippen LogP contribution in [0.25, 0.3) is 0 Å². The quantitative estimate of drug-likeness (QED) is 0.888. The number of nitrogens with zero attached hydrogens (tertiary/aromatic N) is 1. The summed E-state index contributed by atoms with van der Waals surface area (Å²) in [6, 6.07) is 7.04. The Bertz CT molecular complexity index is 545. The van der Waals surface area contributed by atoms with E-state index in [0.717, 1.165) is 19.3 Å². The lowest BCUT2D eigenvalue weighted by Crippen LogP contribution is -2.39. The summed E-state index contributed by atoms with van der Waals surface area (Å²) in [5.74, 6) is -0.759. The summed E-state index contributed by atoms with van der Waals surface area (Å²) < 4.78 is 0. The Morgan fingerprint density at radius 2 is 2.10 bits per heavy atom. The van der Waals surface area contributed by atoms with Crippen molar-refractivity contribution in [3.05, 3.63) is 28.8 Å². The summed E-state index contributed by atoms with van der Waals surface area (Å²) in [6.07, 6.45) is 4.33. The Hall–Kier alpha value is -1.73. The molecule has 1 saturated carbocycles. The van der Waals surface area contributed by atoms with Crippen LogP contribution in [0.2, 0.25) is 5.02 Å². The summed E-state index contributed by atoms with van der Waals surface area (Å²) in [6.45, 7) is 0.331. The third-order valence-corrected chi connectivity index (χ3v) is 4.22. The summed E-state index contributed by atoms with van der Waals surface area (Å²) in [5.41, 5.74) is 0.352. The van der Waals surface area contributed by atoms with E-state index in [1.807, 2.05) is 0 Å². The highest BCUT2D eigenvalue weighted by Gasteiger charge is 2.39. The van der Waals surface area contributed by atoms with Crippen LogP contribution in [-0.4, -0.2) is 17.6 Å². The summed E-state index contributed by atoms with van der Waals surface area (Å²) in [5, 5.41) is 22.2. The van der Waals surface area contributed by atoms with Gasteiger partial charge in [-0.05, 0) is 31.0 Å². The molecule has 5 heteroatoms. The van der Waals surface area contributed by atoms with Crippen LogP contribution in [0.3, 0.4) is 0 Å². The number of nitriles is 1. The number of benzene rings is 1. The third-order valence-electron chi connectivity index (χ3n) is 3.98. The SMILES string of the molecule is N#Cc1ccc(Cl)cc1NCC1(C(=O)O)CCCCC1. The Balaban J connectivity index is 2.16. The number of anilines is 1. The van der Waals surface area contributed by atoms with E-state index in [9.17, 15) is 9.90 Å². The van der Waals surface area contributed by atoms with Gasteiger partial charge in [-0.3, -0.25) is 4.79 Å². The molecule has 0 amide bonds. The molecule has 4 nitrogen and oxygen atoms in total. The van der Waals surface area contributed by atoms with Gasteiger partial charge in [0.15, 0.2) is 0 Å². The molecule has 0 aliphatic heterocycles. The number of carbonyl (C=O) groups is 1. The number of carboxylic acid groups (broad SMARTS) is 1. The minimum Gasteiger partial charge on any atom is -0.481 e. The van der Waals surface area contributed by atoms with Gasteiger partial charge in [-0.1, -0.05) is 30.9 Å². The van der Waals surface area contributed by atoms with Crippen molar-refractivity contribution in [2.45, 2.75) is 32.1 Å². The standard InChI is InChI=1S/C15H17ClN2O2/c16-12-5-4-11(9-17)13(8-12)18-10-15(14(19)20)6-2-1-3-7-15/h4-5,8,18H,1-3,6-7,10H2,(H,19,20). The zero-order valence-corrected chi connectivity index (χ0v) is 11.9. The zero-order chi connectivity index (χ0) is 14.6. The molecule has 2 N–H and O–H groups in total. The number of hydrogen-bond acceptors (Lipinski definition) is 3. The van der Waals surface area contributed by atoms with E-state index in [0.29, 0.717) is 35.7 Å². The van der Waals surface area contributed by atoms with Gasteiger partial charge >= 0.3 is 5.97 Å². The van der Waals surface area contributed by atoms with Crippen LogP contribution in [-0.2, 0) is 4.79 Å². The molecule has 0 radical (unpaired) electrons. The number of carboxylic acids is 1. The monoisotopic (exact) mass is 292 g/mol. The Labute approximate surface area is 123 Å². The Morgan fingerprint density at radius 1 is 1.40 bits per heavy atom. The maximum absolute atomic E-state index is 11.6. The largest absolute Gasteiger partial charge is 0.481 e. The molecule has 0 atom stereocenters. The van der Waals surface area contributed by atoms with Crippen LogP contribution in [0.1, 0.15) is 37.7 Å². The van der Waals surface area contributed by atoms with E-state index in [-0.39, 0.29) is 0 Å². The fourth-order valence-electron chi connectivity index (χ4n) is 2.72. The van der Waals surface area contributed by atoms with Crippen molar-refractivity contribution in [3.63, 3.8) is 0 Å². The molecule has 0 heterocycles. The van der Waals surface area contributed by atoms with Gasteiger partial charge in [0, 0.05) is 11.6 Å². The van der Waals surface area contributed by atoms with E-state index in [1.54, 1.807) is 18.2 Å². The van der Waals surface area contributed by atoms with Crippen molar-refractivity contribution >= 4 is 23.3 Å². The fourth-order valence-corrected chi connectivity index (χ4v) is 2.89. The first-order valence-corrected chi connectivity index (χ1v) is 7.12. The molecule has 106 valence electrons. The molecule has 1 fully saturated rings. The smallest absolute Gasteiger partial charge is 0.311 e. The predicted molar refractivity (Wildman–Crippen MR) is 77.8 cm³/mol. The Kier molecular flexibility index (Phi) is 4.51. The topological polar surface area (TPSA) is 73.1 Å². The lowest BCUT2D eigenvalue weighted by atomic mass is 9.74. The second kappa shape index (κ2) is 6.15. The second-order valence-electron chi connectivity index (χ2n) is 5.30. The number of hydrogen-bond donors (Lipinski definition) is 2. The molecule has 0 spiro atoms. The van der Waals surface area contributed by atoms with E-state index >= 15 is 0 Å². The average molecular weight is 293 g/mol. The molecule has 0 bridgehead atoms. The number of aliphatic carboxylic acids is 1. The van der Waals surface area contributed by atoms with Gasteiger partial charge in [0.05, 0.1) is 16.7 Å². The molecular weight excluding hydrogens is 276 g/mol. The van der Waals surface area contributed by atoms with Gasteiger partial charge in [-0.15, -0.1) is 0 Å². The fraction of sp³-hybridized carbons (Fsp3) is 0.467. The van der Waals surface area contributed by atoms with Crippen molar-refractivity contribution < 1.29 is 9.90 Å². The van der Waals surface area contributed by atoms with Gasteiger partial charge in [0.1, 0.15) is 6.07 Å². The molecule has 2 rings (SSSR count). The molecule has 1 aromatic rings. The number of halogens is 1. The van der Waals surface area contributed by atoms with E-state index < -0.39 is 11.4 Å². The van der Waals surface area contributed by atoms with Crippen molar-refractivity contribution in [1.29, 1.82) is 5.26 Å². The molecular formula is C15H17ClN2O2. The number of nitrogens with one attached hydrogen (secondary N) is 1. The molecule has 20 heavy (non-hydrogen) atoms. The maximum Gasteiger partial charge on any atom is 0.311 e. The van der Waals surface area contributed by atoms with Crippen molar-refractivity contribution in [1.82, 2.24) is 0 Å². The summed E-state index contributed by atoms with van der Waals surface area (Å²) in [4.78, 5) is 11.6. The summed E-state index contributed by atoms with van der Waals surface area (Å²) >= 11 is 5.93. The van der Waals surface area contributed by atoms with Crippen LogP contribution in [0.5, 0.6) is 0 Å². The minimum absolute atomic E-state index is 0.331. The molecule has 0 saturated heterocycles. The Morgan fingerprint density at radius 3 is 2.70 bits per heavy atom. The van der Waals surface area contributed by atoms with Crippen LogP contribution in [0.15, 0.2) is 18.2 Å². The first-order valence-electron chi connectivity index (χ1n) is 6.74. The van der Waals surface area contributed by atoms with E-state index in [2.05, 4.69) is 11.4 Å². The van der Waals surface area contributed by atoms with E-state index in [4.69, 9.17) is 16.9 Å². The molecule has 0 aromatic heterocycles. The third kappa shape index (κ3) is 3.05. The first kappa shape index (κ1) is 14.7. The average Bonchev–Trinajstić information content (AvgIpc) is 2.46. The highest BCUT2D eigenvalue weighted by atomic mass is 35.5. The van der Waals surface area contributed by atoms with Crippen molar-refractivity contribution in [3.8, 4) is 6.07 Å². The van der Waals surface area contributed by atoms with Crippen molar-refractivity contribution in [2.75, 3.05) is 11.9 Å². The molecule has 1 aromatic carbocycles. The van der Waals surface area contributed by atoms with Crippen LogP contribution in [0.4, 0.5) is 5.69 Å². The minimum atomic E-state index is -0.759. The molecule has 1 aliphatic carbocycles. The highest BCUT2D eigenvalue weighted by Crippen LogP contribution is 2.37. The first-order chi connectivity index (χ1) is 9.57. The predicted octanol–water partition coefficient (Wildman–Crippen LogP) is 3.66. The zero-order valence-electron chi connectivity index (χ0n) is 11.2. The molecule has 0 unspecified atom stereocenters. The highest BCUT2D eigenvalue weighted by molar-refractivity contribution is 6.30. The van der Waals surface area contributed by atoms with Crippen LogP contribution in [0, 0.1) is 16.7 Å². The van der Waals surface area contributed by atoms with Crippen molar-refractivity contribution in [2.24, 2.45) is 5.41 Å². The normalized spacial score (nSPS) is 17.2. The van der Waals surface area contributed by atoms with Gasteiger partial charge in [-0.25, -0.2) is 0 Å². The van der Waals surface area contributed by atoms with E-state index in [1.165, 1.54) is 0 Å². The van der Waals surface area contributed by atoms with Gasteiger partial charge in [-0.2, -0.15) is 5.26 Å². The lowest BCUT2D eigenvalue weighted by molar-refractivity contribution is -0.150. The second-order valence-corrected chi connectivity index (χ2v) is 5.74. The van der Waals surface area contributed by atoms with Gasteiger partial charge < -0.3 is 10.4 Å². The van der Waals surface area contributed by atoms with Crippen LogP contribution >= 0.6 is 11.6 Å². The molecule has 1 aliphatic rings. The maximum atomic E-state index is 11.6. The lowest BCUT2D eigenvalue weighted by Gasteiger charge is -2.33.